The molecule has 0 aromatic carbocycles. The summed E-state index contributed by atoms with van der Waals surface area (Å²) < 4.78 is 26.2. The highest BCUT2D eigenvalue weighted by atomic mass is 19.3. The Hall–Kier alpha value is -0.180. The average Bonchev–Trinajstić information content (AvgIpc) is 1.94. The molecule has 0 saturated heterocycles. The number of alkyl halides is 2. The van der Waals surface area contributed by atoms with E-state index >= 15 is 0 Å². The zero-order valence-corrected chi connectivity index (χ0v) is 7.69. The van der Waals surface area contributed by atoms with E-state index in [0.717, 1.165) is 6.42 Å². The molecule has 3 heteroatoms. The van der Waals surface area contributed by atoms with E-state index in [1.807, 2.05) is 13.8 Å². The second-order valence-electron chi connectivity index (χ2n) is 4.09. The van der Waals surface area contributed by atoms with Gasteiger partial charge in [-0.05, 0) is 24.7 Å². The zero-order valence-electron chi connectivity index (χ0n) is 7.69. The fourth-order valence-corrected chi connectivity index (χ4v) is 1.98. The molecule has 0 radical (unpaired) electrons. The number of halogens is 2. The fraction of sp³-hybridized carbons (Fsp3) is 1.00. The molecular weight excluding hydrogens is 160 g/mol. The topological polar surface area (TPSA) is 26.0 Å². The molecule has 0 spiro atoms. The molecule has 1 saturated carbocycles. The van der Waals surface area contributed by atoms with Gasteiger partial charge in [-0.1, -0.05) is 13.8 Å². The fourth-order valence-electron chi connectivity index (χ4n) is 1.98. The Balaban J connectivity index is 2.66. The summed E-state index contributed by atoms with van der Waals surface area (Å²) in [7, 11) is 0. The van der Waals surface area contributed by atoms with Gasteiger partial charge in [0.05, 0.1) is 6.04 Å². The smallest absolute Gasteiger partial charge is 0.263 e. The lowest BCUT2D eigenvalue weighted by molar-refractivity contribution is -0.0793. The van der Waals surface area contributed by atoms with Crippen LogP contribution in [0.5, 0.6) is 0 Å². The van der Waals surface area contributed by atoms with Crippen LogP contribution in [0, 0.1) is 11.8 Å². The molecule has 1 fully saturated rings. The zero-order chi connectivity index (χ0) is 9.35. The Bertz CT molecular complexity index is 157. The van der Waals surface area contributed by atoms with Crippen LogP contribution in [0.4, 0.5) is 8.78 Å². The van der Waals surface area contributed by atoms with Gasteiger partial charge in [0.2, 0.25) is 0 Å². The molecule has 0 bridgehead atoms. The van der Waals surface area contributed by atoms with E-state index in [-0.39, 0.29) is 18.3 Å². The van der Waals surface area contributed by atoms with Crippen molar-refractivity contribution >= 4 is 0 Å². The minimum absolute atomic E-state index is 0.00579. The van der Waals surface area contributed by atoms with Gasteiger partial charge in [-0.15, -0.1) is 0 Å². The molecule has 72 valence electrons. The Morgan fingerprint density at radius 2 is 2.00 bits per heavy atom. The summed E-state index contributed by atoms with van der Waals surface area (Å²) in [4.78, 5) is 0. The normalized spacial score (nSPS) is 35.5. The molecule has 0 heterocycles. The maximum atomic E-state index is 13.1. The Kier molecular flexibility index (Phi) is 2.71. The standard InChI is InChI=1S/C9H17F2N/c1-6(2)7-4-3-5-9(10,11)8(7)12/h6-8H,3-5,12H2,1-2H3/t7-,8+/m0/s1. The average molecular weight is 177 g/mol. The molecule has 0 unspecified atom stereocenters. The molecule has 1 aliphatic rings. The van der Waals surface area contributed by atoms with E-state index in [1.165, 1.54) is 0 Å². The van der Waals surface area contributed by atoms with E-state index in [0.29, 0.717) is 6.42 Å². The highest BCUT2D eigenvalue weighted by Gasteiger charge is 2.45. The van der Waals surface area contributed by atoms with Gasteiger partial charge in [-0.3, -0.25) is 0 Å². The SMILES string of the molecule is CC(C)[C@@H]1CCCC(F)(F)[C@@H]1N. The first-order chi connectivity index (χ1) is 5.45. The highest BCUT2D eigenvalue weighted by Crippen LogP contribution is 2.38. The van der Waals surface area contributed by atoms with E-state index in [4.69, 9.17) is 5.73 Å². The van der Waals surface area contributed by atoms with Crippen LogP contribution in [-0.4, -0.2) is 12.0 Å². The van der Waals surface area contributed by atoms with Gasteiger partial charge in [0, 0.05) is 6.42 Å². The number of hydrogen-bond acceptors (Lipinski definition) is 1. The van der Waals surface area contributed by atoms with Gasteiger partial charge in [0.15, 0.2) is 0 Å². The molecule has 0 aromatic heterocycles. The van der Waals surface area contributed by atoms with Crippen LogP contribution >= 0.6 is 0 Å². The summed E-state index contributed by atoms with van der Waals surface area (Å²) >= 11 is 0. The molecule has 0 amide bonds. The van der Waals surface area contributed by atoms with Crippen molar-refractivity contribution in [2.24, 2.45) is 17.6 Å². The van der Waals surface area contributed by atoms with Crippen molar-refractivity contribution in [3.05, 3.63) is 0 Å². The lowest BCUT2D eigenvalue weighted by atomic mass is 9.76. The predicted molar refractivity (Wildman–Crippen MR) is 45.1 cm³/mol. The molecule has 1 rings (SSSR count). The molecule has 1 nitrogen and oxygen atoms in total. The minimum Gasteiger partial charge on any atom is -0.322 e. The monoisotopic (exact) mass is 177 g/mol. The van der Waals surface area contributed by atoms with Crippen LogP contribution in [-0.2, 0) is 0 Å². The molecule has 0 aromatic rings. The van der Waals surface area contributed by atoms with Crippen LogP contribution in [0.15, 0.2) is 0 Å². The second kappa shape index (κ2) is 3.29. The van der Waals surface area contributed by atoms with Crippen molar-refractivity contribution in [3.8, 4) is 0 Å². The predicted octanol–water partition coefficient (Wildman–Crippen LogP) is 2.41. The third kappa shape index (κ3) is 1.76. The largest absolute Gasteiger partial charge is 0.322 e. The van der Waals surface area contributed by atoms with Crippen molar-refractivity contribution in [2.75, 3.05) is 0 Å². The van der Waals surface area contributed by atoms with Gasteiger partial charge >= 0.3 is 0 Å². The van der Waals surface area contributed by atoms with Crippen LogP contribution in [0.3, 0.4) is 0 Å². The maximum Gasteiger partial charge on any atom is 0.263 e. The maximum absolute atomic E-state index is 13.1. The van der Waals surface area contributed by atoms with Crippen LogP contribution < -0.4 is 5.73 Å². The Labute approximate surface area is 72.3 Å². The first-order valence-corrected chi connectivity index (χ1v) is 4.58. The van der Waals surface area contributed by atoms with Crippen molar-refractivity contribution in [1.82, 2.24) is 0 Å². The van der Waals surface area contributed by atoms with Crippen molar-refractivity contribution in [1.29, 1.82) is 0 Å². The van der Waals surface area contributed by atoms with Crippen molar-refractivity contribution in [2.45, 2.75) is 45.1 Å². The third-order valence-corrected chi connectivity index (χ3v) is 2.85. The molecular formula is C9H17F2N. The summed E-state index contributed by atoms with van der Waals surface area (Å²) in [6.07, 6.45) is 1.44. The quantitative estimate of drug-likeness (QED) is 0.654. The third-order valence-electron chi connectivity index (χ3n) is 2.85. The molecule has 2 atom stereocenters. The van der Waals surface area contributed by atoms with Gasteiger partial charge in [-0.25, -0.2) is 8.78 Å². The summed E-state index contributed by atoms with van der Waals surface area (Å²) in [6.45, 7) is 3.93. The van der Waals surface area contributed by atoms with E-state index in [2.05, 4.69) is 0 Å². The van der Waals surface area contributed by atoms with Crippen LogP contribution in [0.2, 0.25) is 0 Å². The first kappa shape index (κ1) is 9.90. The van der Waals surface area contributed by atoms with E-state index < -0.39 is 12.0 Å². The van der Waals surface area contributed by atoms with Crippen molar-refractivity contribution in [3.63, 3.8) is 0 Å². The number of rotatable bonds is 1. The van der Waals surface area contributed by atoms with E-state index in [1.54, 1.807) is 0 Å². The van der Waals surface area contributed by atoms with Crippen molar-refractivity contribution < 1.29 is 8.78 Å². The summed E-state index contributed by atoms with van der Waals surface area (Å²) in [5.74, 6) is -2.37. The first-order valence-electron chi connectivity index (χ1n) is 4.58. The van der Waals surface area contributed by atoms with Gasteiger partial charge in [-0.2, -0.15) is 0 Å². The lowest BCUT2D eigenvalue weighted by Gasteiger charge is -2.37. The summed E-state index contributed by atoms with van der Waals surface area (Å²) in [5.41, 5.74) is 5.51. The molecule has 2 N–H and O–H groups in total. The van der Waals surface area contributed by atoms with E-state index in [9.17, 15) is 8.78 Å². The summed E-state index contributed by atoms with van der Waals surface area (Å²) in [5, 5.41) is 0. The summed E-state index contributed by atoms with van der Waals surface area (Å²) in [6, 6.07) is -0.925. The van der Waals surface area contributed by atoms with Gasteiger partial charge in [0.1, 0.15) is 0 Å². The second-order valence-corrected chi connectivity index (χ2v) is 4.09. The molecule has 1 aliphatic carbocycles. The highest BCUT2D eigenvalue weighted by molar-refractivity contribution is 4.91. The van der Waals surface area contributed by atoms with Gasteiger partial charge in [0.25, 0.3) is 5.92 Å². The van der Waals surface area contributed by atoms with Gasteiger partial charge < -0.3 is 5.73 Å². The number of nitrogens with two attached hydrogens (primary N) is 1. The Morgan fingerprint density at radius 3 is 2.42 bits per heavy atom. The molecule has 12 heavy (non-hydrogen) atoms. The Morgan fingerprint density at radius 1 is 1.42 bits per heavy atom. The van der Waals surface area contributed by atoms with Crippen LogP contribution in [0.25, 0.3) is 0 Å². The lowest BCUT2D eigenvalue weighted by Crippen LogP contribution is -2.50. The minimum atomic E-state index is -2.63. The molecule has 0 aliphatic heterocycles. The number of hydrogen-bond donors (Lipinski definition) is 1. The van der Waals surface area contributed by atoms with Crippen LogP contribution in [0.1, 0.15) is 33.1 Å².